The van der Waals surface area contributed by atoms with Crippen molar-refractivity contribution < 1.29 is 9.84 Å². The Balaban J connectivity index is 2.38. The van der Waals surface area contributed by atoms with Gasteiger partial charge in [0.25, 0.3) is 0 Å². The number of nitrogen functional groups attached to an aromatic ring is 1. The fraction of sp³-hybridized carbons (Fsp3) is 0.455. The molecule has 0 fully saturated rings. The van der Waals surface area contributed by atoms with E-state index >= 15 is 0 Å². The Morgan fingerprint density at radius 2 is 2.33 bits per heavy atom. The molecule has 7 heteroatoms. The van der Waals surface area contributed by atoms with Crippen LogP contribution in [0.2, 0.25) is 0 Å². The maximum Gasteiger partial charge on any atom is 0.180 e. The third-order valence-corrected chi connectivity index (χ3v) is 2.61. The van der Waals surface area contributed by atoms with E-state index in [0.717, 1.165) is 0 Å². The highest BCUT2D eigenvalue weighted by Crippen LogP contribution is 2.19. The molecule has 0 bridgehead atoms. The minimum absolute atomic E-state index is 0.0348. The quantitative estimate of drug-likeness (QED) is 0.736. The number of rotatable bonds is 6. The molecule has 0 aliphatic heterocycles. The SMILES string of the molecule is COCCN(CCO)c1nc(N)cn2ccnc12. The molecule has 2 aromatic heterocycles. The van der Waals surface area contributed by atoms with Crippen LogP contribution < -0.4 is 10.6 Å². The highest BCUT2D eigenvalue weighted by atomic mass is 16.5. The third kappa shape index (κ3) is 2.52. The van der Waals surface area contributed by atoms with Gasteiger partial charge in [-0.3, -0.25) is 0 Å². The van der Waals surface area contributed by atoms with Gasteiger partial charge >= 0.3 is 0 Å². The van der Waals surface area contributed by atoms with E-state index in [1.54, 1.807) is 19.5 Å². The summed E-state index contributed by atoms with van der Waals surface area (Å²) < 4.78 is 6.87. The number of aliphatic hydroxyl groups excluding tert-OH is 1. The van der Waals surface area contributed by atoms with Gasteiger partial charge in [0, 0.05) is 32.6 Å². The fourth-order valence-electron chi connectivity index (χ4n) is 1.79. The number of ether oxygens (including phenoxy) is 1. The molecule has 3 N–H and O–H groups in total. The summed E-state index contributed by atoms with van der Waals surface area (Å²) in [7, 11) is 1.63. The Kier molecular flexibility index (Phi) is 3.96. The second-order valence-electron chi connectivity index (χ2n) is 3.85. The second kappa shape index (κ2) is 5.65. The minimum atomic E-state index is 0.0348. The van der Waals surface area contributed by atoms with Crippen molar-refractivity contribution in [2.24, 2.45) is 0 Å². The molecular weight excluding hydrogens is 234 g/mol. The highest BCUT2D eigenvalue weighted by Gasteiger charge is 2.13. The van der Waals surface area contributed by atoms with Gasteiger partial charge in [-0.1, -0.05) is 0 Å². The Hall–Kier alpha value is -1.86. The lowest BCUT2D eigenvalue weighted by Gasteiger charge is -2.22. The average molecular weight is 251 g/mol. The number of methoxy groups -OCH3 is 1. The number of hydrogen-bond donors (Lipinski definition) is 2. The van der Waals surface area contributed by atoms with Gasteiger partial charge in [-0.05, 0) is 0 Å². The first-order chi connectivity index (χ1) is 8.76. The van der Waals surface area contributed by atoms with Gasteiger partial charge < -0.3 is 24.9 Å². The molecule has 98 valence electrons. The summed E-state index contributed by atoms with van der Waals surface area (Å²) in [5.41, 5.74) is 6.48. The lowest BCUT2D eigenvalue weighted by molar-refractivity contribution is 0.202. The van der Waals surface area contributed by atoms with Crippen LogP contribution in [0.15, 0.2) is 18.6 Å². The van der Waals surface area contributed by atoms with Gasteiger partial charge in [0.1, 0.15) is 5.82 Å². The van der Waals surface area contributed by atoms with Crippen LogP contribution >= 0.6 is 0 Å². The van der Waals surface area contributed by atoms with Crippen molar-refractivity contribution in [1.82, 2.24) is 14.4 Å². The molecule has 0 amide bonds. The van der Waals surface area contributed by atoms with E-state index in [9.17, 15) is 0 Å². The lowest BCUT2D eigenvalue weighted by Crippen LogP contribution is -2.31. The molecule has 0 aliphatic carbocycles. The number of nitrogens with zero attached hydrogens (tertiary/aromatic N) is 4. The summed E-state index contributed by atoms with van der Waals surface area (Å²) in [5.74, 6) is 1.07. The van der Waals surface area contributed by atoms with Gasteiger partial charge in [0.05, 0.1) is 19.4 Å². The minimum Gasteiger partial charge on any atom is -0.395 e. The van der Waals surface area contributed by atoms with Crippen LogP contribution in [-0.2, 0) is 4.74 Å². The van der Waals surface area contributed by atoms with E-state index in [1.165, 1.54) is 0 Å². The van der Waals surface area contributed by atoms with Crippen molar-refractivity contribution in [3.63, 3.8) is 0 Å². The molecule has 2 heterocycles. The van der Waals surface area contributed by atoms with Gasteiger partial charge in [-0.25, -0.2) is 9.97 Å². The van der Waals surface area contributed by atoms with Gasteiger partial charge in [-0.2, -0.15) is 0 Å². The molecule has 0 saturated heterocycles. The number of imidazole rings is 1. The molecule has 0 saturated carbocycles. The van der Waals surface area contributed by atoms with Crippen molar-refractivity contribution in [2.45, 2.75) is 0 Å². The molecule has 0 spiro atoms. The van der Waals surface area contributed by atoms with E-state index in [2.05, 4.69) is 9.97 Å². The Bertz CT molecular complexity index is 513. The molecule has 7 nitrogen and oxygen atoms in total. The lowest BCUT2D eigenvalue weighted by atomic mass is 10.4. The first kappa shape index (κ1) is 12.6. The van der Waals surface area contributed by atoms with Crippen molar-refractivity contribution in [1.29, 1.82) is 0 Å². The number of fused-ring (bicyclic) bond motifs is 1. The highest BCUT2D eigenvalue weighted by molar-refractivity contribution is 5.66. The van der Waals surface area contributed by atoms with Crippen LogP contribution in [0.4, 0.5) is 11.6 Å². The topological polar surface area (TPSA) is 88.9 Å². The second-order valence-corrected chi connectivity index (χ2v) is 3.85. The van der Waals surface area contributed by atoms with Crippen LogP contribution in [0.5, 0.6) is 0 Å². The summed E-state index contributed by atoms with van der Waals surface area (Å²) in [4.78, 5) is 10.5. The monoisotopic (exact) mass is 251 g/mol. The first-order valence-corrected chi connectivity index (χ1v) is 5.70. The van der Waals surface area contributed by atoms with Gasteiger partial charge in [0.15, 0.2) is 11.5 Å². The van der Waals surface area contributed by atoms with Gasteiger partial charge in [0.2, 0.25) is 0 Å². The van der Waals surface area contributed by atoms with E-state index in [1.807, 2.05) is 15.5 Å². The van der Waals surface area contributed by atoms with Crippen LogP contribution in [0.1, 0.15) is 0 Å². The predicted molar refractivity (Wildman–Crippen MR) is 68.6 cm³/mol. The van der Waals surface area contributed by atoms with E-state index in [0.29, 0.717) is 37.0 Å². The number of anilines is 2. The standard InChI is InChI=1S/C11H17N5O2/c1-18-7-5-15(4-6-17)11-10-13-2-3-16(10)8-9(12)14-11/h2-3,8,17H,4-7,12H2,1H3. The smallest absolute Gasteiger partial charge is 0.180 e. The summed E-state index contributed by atoms with van der Waals surface area (Å²) >= 11 is 0. The Labute approximate surface area is 105 Å². The normalized spacial score (nSPS) is 11.0. The molecule has 2 rings (SSSR count). The zero-order valence-electron chi connectivity index (χ0n) is 10.3. The molecule has 0 atom stereocenters. The van der Waals surface area contributed by atoms with E-state index < -0.39 is 0 Å². The molecule has 0 aromatic carbocycles. The fourth-order valence-corrected chi connectivity index (χ4v) is 1.79. The number of aliphatic hydroxyl groups is 1. The maximum absolute atomic E-state index is 9.12. The van der Waals surface area contributed by atoms with Crippen molar-refractivity contribution in [3.8, 4) is 0 Å². The molecule has 0 radical (unpaired) electrons. The first-order valence-electron chi connectivity index (χ1n) is 5.70. The predicted octanol–water partition coefficient (Wildman–Crippen LogP) is -0.243. The van der Waals surface area contributed by atoms with Crippen molar-refractivity contribution >= 4 is 17.3 Å². The van der Waals surface area contributed by atoms with Crippen molar-refractivity contribution in [2.75, 3.05) is 44.0 Å². The van der Waals surface area contributed by atoms with Crippen LogP contribution in [-0.4, -0.2) is 52.9 Å². The summed E-state index contributed by atoms with van der Waals surface area (Å²) in [5, 5.41) is 9.12. The molecule has 18 heavy (non-hydrogen) atoms. The van der Waals surface area contributed by atoms with Crippen LogP contribution in [0.3, 0.4) is 0 Å². The largest absolute Gasteiger partial charge is 0.395 e. The Morgan fingerprint density at radius 3 is 3.06 bits per heavy atom. The van der Waals surface area contributed by atoms with E-state index in [4.69, 9.17) is 15.6 Å². The third-order valence-electron chi connectivity index (χ3n) is 2.61. The number of hydrogen-bond acceptors (Lipinski definition) is 6. The summed E-state index contributed by atoms with van der Waals surface area (Å²) in [6.45, 7) is 1.66. The maximum atomic E-state index is 9.12. The summed E-state index contributed by atoms with van der Waals surface area (Å²) in [6.07, 6.45) is 5.21. The number of aromatic nitrogens is 3. The Morgan fingerprint density at radius 1 is 1.50 bits per heavy atom. The van der Waals surface area contributed by atoms with Gasteiger partial charge in [-0.15, -0.1) is 0 Å². The molecular formula is C11H17N5O2. The molecule has 2 aromatic rings. The molecule has 0 unspecified atom stereocenters. The van der Waals surface area contributed by atoms with Crippen LogP contribution in [0, 0.1) is 0 Å². The van der Waals surface area contributed by atoms with Crippen LogP contribution in [0.25, 0.3) is 5.65 Å². The zero-order valence-corrected chi connectivity index (χ0v) is 10.3. The van der Waals surface area contributed by atoms with E-state index in [-0.39, 0.29) is 6.61 Å². The number of nitrogens with two attached hydrogens (primary N) is 1. The van der Waals surface area contributed by atoms with Crippen molar-refractivity contribution in [3.05, 3.63) is 18.6 Å². The zero-order chi connectivity index (χ0) is 13.0. The summed E-state index contributed by atoms with van der Waals surface area (Å²) in [6, 6.07) is 0. The molecule has 0 aliphatic rings. The average Bonchev–Trinajstić information content (AvgIpc) is 2.81.